The van der Waals surface area contributed by atoms with Gasteiger partial charge in [-0.05, 0) is 38.1 Å². The van der Waals surface area contributed by atoms with Crippen LogP contribution in [0.25, 0.3) is 11.5 Å². The summed E-state index contributed by atoms with van der Waals surface area (Å²) >= 11 is 6.07. The van der Waals surface area contributed by atoms with Crippen LogP contribution in [0.5, 0.6) is 5.75 Å². The summed E-state index contributed by atoms with van der Waals surface area (Å²) < 4.78 is 11.5. The predicted molar refractivity (Wildman–Crippen MR) is 118 cm³/mol. The number of rotatable bonds is 6. The highest BCUT2D eigenvalue weighted by Gasteiger charge is 2.26. The van der Waals surface area contributed by atoms with Crippen LogP contribution in [0.15, 0.2) is 46.9 Å². The van der Waals surface area contributed by atoms with Gasteiger partial charge in [-0.3, -0.25) is 9.80 Å². The van der Waals surface area contributed by atoms with Gasteiger partial charge in [-0.15, -0.1) is 10.2 Å². The fourth-order valence-electron chi connectivity index (χ4n) is 3.88. The SMILES string of the molecule is COc1ccc(C)cc1CN1CCN([C@H](C)c2nnc(-c3cccc(Cl)c3)o2)CC1. The van der Waals surface area contributed by atoms with Crippen molar-refractivity contribution in [3.63, 3.8) is 0 Å². The van der Waals surface area contributed by atoms with E-state index in [1.165, 1.54) is 11.1 Å². The standard InChI is InChI=1S/C23H27ClN4O2/c1-16-7-8-21(29-3)19(13-16)15-27-9-11-28(12-10-27)17(2)22-25-26-23(30-22)18-5-4-6-20(24)14-18/h4-8,13-14,17H,9-12,15H2,1-3H3/t17-/m1/s1. The van der Waals surface area contributed by atoms with Gasteiger partial charge in [0.25, 0.3) is 0 Å². The number of aryl methyl sites for hydroxylation is 1. The van der Waals surface area contributed by atoms with E-state index in [4.69, 9.17) is 20.8 Å². The van der Waals surface area contributed by atoms with Gasteiger partial charge >= 0.3 is 0 Å². The van der Waals surface area contributed by atoms with E-state index in [9.17, 15) is 0 Å². The number of nitrogens with zero attached hydrogens (tertiary/aromatic N) is 4. The minimum absolute atomic E-state index is 0.0705. The monoisotopic (exact) mass is 426 g/mol. The molecule has 3 aromatic rings. The van der Waals surface area contributed by atoms with E-state index < -0.39 is 0 Å². The summed E-state index contributed by atoms with van der Waals surface area (Å²) in [4.78, 5) is 4.85. The normalized spacial score (nSPS) is 16.5. The lowest BCUT2D eigenvalue weighted by molar-refractivity contribution is 0.0871. The van der Waals surface area contributed by atoms with Crippen LogP contribution < -0.4 is 4.74 Å². The largest absolute Gasteiger partial charge is 0.496 e. The average Bonchev–Trinajstić information content (AvgIpc) is 3.24. The van der Waals surface area contributed by atoms with Crippen molar-refractivity contribution in [2.24, 2.45) is 0 Å². The highest BCUT2D eigenvalue weighted by Crippen LogP contribution is 2.27. The Balaban J connectivity index is 1.37. The molecule has 4 rings (SSSR count). The molecule has 6 nitrogen and oxygen atoms in total. The topological polar surface area (TPSA) is 54.6 Å². The molecule has 2 aromatic carbocycles. The van der Waals surface area contributed by atoms with Crippen LogP contribution in [-0.4, -0.2) is 53.3 Å². The molecule has 7 heteroatoms. The molecule has 0 bridgehead atoms. The van der Waals surface area contributed by atoms with Gasteiger partial charge in [0.1, 0.15) is 5.75 Å². The molecule has 0 spiro atoms. The van der Waals surface area contributed by atoms with Gasteiger partial charge in [0.05, 0.1) is 13.2 Å². The summed E-state index contributed by atoms with van der Waals surface area (Å²) in [6, 6.07) is 13.9. The van der Waals surface area contributed by atoms with E-state index in [0.29, 0.717) is 16.8 Å². The minimum atomic E-state index is 0.0705. The summed E-state index contributed by atoms with van der Waals surface area (Å²) in [5.41, 5.74) is 3.33. The quantitative estimate of drug-likeness (QED) is 0.574. The average molecular weight is 427 g/mol. The zero-order chi connectivity index (χ0) is 21.1. The van der Waals surface area contributed by atoms with E-state index in [-0.39, 0.29) is 6.04 Å². The Bertz CT molecular complexity index is 998. The van der Waals surface area contributed by atoms with Crippen LogP contribution in [0.4, 0.5) is 0 Å². The molecule has 1 atom stereocenters. The number of methoxy groups -OCH3 is 1. The maximum absolute atomic E-state index is 6.07. The van der Waals surface area contributed by atoms with E-state index in [1.807, 2.05) is 24.3 Å². The molecule has 0 radical (unpaired) electrons. The smallest absolute Gasteiger partial charge is 0.247 e. The molecule has 0 saturated carbocycles. The lowest BCUT2D eigenvalue weighted by atomic mass is 10.1. The maximum Gasteiger partial charge on any atom is 0.247 e. The molecule has 0 aliphatic carbocycles. The second kappa shape index (κ2) is 9.16. The van der Waals surface area contributed by atoms with Crippen LogP contribution in [0.1, 0.15) is 30.0 Å². The molecule has 158 valence electrons. The molecule has 0 unspecified atom stereocenters. The van der Waals surface area contributed by atoms with Gasteiger partial charge in [-0.1, -0.05) is 35.4 Å². The molecular formula is C23H27ClN4O2. The molecular weight excluding hydrogens is 400 g/mol. The summed E-state index contributed by atoms with van der Waals surface area (Å²) in [6.07, 6.45) is 0. The highest BCUT2D eigenvalue weighted by molar-refractivity contribution is 6.30. The molecule has 30 heavy (non-hydrogen) atoms. The molecule has 1 aromatic heterocycles. The van der Waals surface area contributed by atoms with E-state index >= 15 is 0 Å². The Morgan fingerprint density at radius 3 is 2.63 bits per heavy atom. The van der Waals surface area contributed by atoms with Crippen LogP contribution in [-0.2, 0) is 6.54 Å². The lowest BCUT2D eigenvalue weighted by Gasteiger charge is -2.37. The first-order valence-corrected chi connectivity index (χ1v) is 10.6. The number of halogens is 1. The Kier molecular flexibility index (Phi) is 6.37. The molecule has 1 aliphatic rings. The van der Waals surface area contributed by atoms with Crippen LogP contribution in [0.2, 0.25) is 5.02 Å². The number of piperazine rings is 1. The number of aromatic nitrogens is 2. The summed E-state index contributed by atoms with van der Waals surface area (Å²) in [6.45, 7) is 8.99. The number of hydrogen-bond acceptors (Lipinski definition) is 6. The van der Waals surface area contributed by atoms with E-state index in [0.717, 1.165) is 44.0 Å². The fourth-order valence-corrected chi connectivity index (χ4v) is 4.07. The second-order valence-corrected chi connectivity index (χ2v) is 8.20. The Morgan fingerprint density at radius 1 is 1.10 bits per heavy atom. The van der Waals surface area contributed by atoms with Crippen molar-refractivity contribution in [3.8, 4) is 17.2 Å². The third-order valence-corrected chi connectivity index (χ3v) is 5.89. The van der Waals surface area contributed by atoms with Crippen LogP contribution in [0, 0.1) is 6.92 Å². The van der Waals surface area contributed by atoms with Gasteiger partial charge in [-0.25, -0.2) is 0 Å². The third-order valence-electron chi connectivity index (χ3n) is 5.65. The molecule has 1 aliphatic heterocycles. The molecule has 1 fully saturated rings. The van der Waals surface area contributed by atoms with Crippen molar-refractivity contribution >= 4 is 11.6 Å². The first kappa shape index (κ1) is 20.8. The van der Waals surface area contributed by atoms with Crippen molar-refractivity contribution in [1.82, 2.24) is 20.0 Å². The first-order valence-electron chi connectivity index (χ1n) is 10.2. The van der Waals surface area contributed by atoms with Crippen molar-refractivity contribution in [3.05, 3.63) is 64.5 Å². The predicted octanol–water partition coefficient (Wildman–Crippen LogP) is 4.59. The Labute approximate surface area is 182 Å². The maximum atomic E-state index is 6.07. The number of hydrogen-bond donors (Lipinski definition) is 0. The van der Waals surface area contributed by atoms with Crippen molar-refractivity contribution in [2.45, 2.75) is 26.4 Å². The summed E-state index contributed by atoms with van der Waals surface area (Å²) in [5, 5.41) is 9.15. The first-order chi connectivity index (χ1) is 14.5. The summed E-state index contributed by atoms with van der Waals surface area (Å²) in [7, 11) is 1.73. The fraction of sp³-hybridized carbons (Fsp3) is 0.391. The Hall–Kier alpha value is -2.41. The van der Waals surface area contributed by atoms with Gasteiger partial charge in [0.2, 0.25) is 11.8 Å². The van der Waals surface area contributed by atoms with Crippen molar-refractivity contribution in [1.29, 1.82) is 0 Å². The van der Waals surface area contributed by atoms with E-state index in [2.05, 4.69) is 52.0 Å². The Morgan fingerprint density at radius 2 is 1.90 bits per heavy atom. The number of ether oxygens (including phenoxy) is 1. The van der Waals surface area contributed by atoms with Gasteiger partial charge in [-0.2, -0.15) is 0 Å². The molecule has 2 heterocycles. The van der Waals surface area contributed by atoms with Gasteiger partial charge in [0, 0.05) is 48.9 Å². The van der Waals surface area contributed by atoms with E-state index in [1.54, 1.807) is 7.11 Å². The van der Waals surface area contributed by atoms with Crippen molar-refractivity contribution < 1.29 is 9.15 Å². The lowest BCUT2D eigenvalue weighted by Crippen LogP contribution is -2.46. The van der Waals surface area contributed by atoms with Crippen LogP contribution in [0.3, 0.4) is 0 Å². The molecule has 0 amide bonds. The number of benzene rings is 2. The van der Waals surface area contributed by atoms with Gasteiger partial charge in [0.15, 0.2) is 0 Å². The van der Waals surface area contributed by atoms with Crippen molar-refractivity contribution in [2.75, 3.05) is 33.3 Å². The zero-order valence-corrected chi connectivity index (χ0v) is 18.4. The molecule has 0 N–H and O–H groups in total. The summed E-state index contributed by atoms with van der Waals surface area (Å²) in [5.74, 6) is 2.10. The van der Waals surface area contributed by atoms with Crippen LogP contribution >= 0.6 is 11.6 Å². The zero-order valence-electron chi connectivity index (χ0n) is 17.6. The van der Waals surface area contributed by atoms with Gasteiger partial charge < -0.3 is 9.15 Å². The second-order valence-electron chi connectivity index (χ2n) is 7.76. The minimum Gasteiger partial charge on any atom is -0.496 e. The molecule has 1 saturated heterocycles. The highest BCUT2D eigenvalue weighted by atomic mass is 35.5. The third kappa shape index (κ3) is 4.67.